The van der Waals surface area contributed by atoms with E-state index in [0.717, 1.165) is 64.2 Å². The summed E-state index contributed by atoms with van der Waals surface area (Å²) in [5, 5.41) is 10.8. The zero-order valence-corrected chi connectivity index (χ0v) is 15.6. The topological polar surface area (TPSA) is 35.9 Å². The van der Waals surface area contributed by atoms with Crippen molar-refractivity contribution in [2.75, 3.05) is 44.2 Å². The fourth-order valence-corrected chi connectivity index (χ4v) is 3.43. The number of hydrogen-bond acceptors (Lipinski definition) is 4. The number of para-hydroxylation sites is 2. The fourth-order valence-electron chi connectivity index (χ4n) is 3.43. The summed E-state index contributed by atoms with van der Waals surface area (Å²) < 4.78 is 5.76. The van der Waals surface area contributed by atoms with Crippen LogP contribution < -0.4 is 9.64 Å². The van der Waals surface area contributed by atoms with Gasteiger partial charge in [-0.1, -0.05) is 38.8 Å². The quantitative estimate of drug-likeness (QED) is 0.749. The van der Waals surface area contributed by atoms with E-state index in [1.54, 1.807) is 0 Å². The molecule has 0 aliphatic carbocycles. The van der Waals surface area contributed by atoms with Crippen molar-refractivity contribution in [1.82, 2.24) is 4.90 Å². The van der Waals surface area contributed by atoms with Gasteiger partial charge in [-0.25, -0.2) is 0 Å². The lowest BCUT2D eigenvalue weighted by molar-refractivity contribution is -0.0101. The highest BCUT2D eigenvalue weighted by Gasteiger charge is 2.29. The Morgan fingerprint density at radius 2 is 1.79 bits per heavy atom. The van der Waals surface area contributed by atoms with Crippen LogP contribution in [-0.4, -0.2) is 54.9 Å². The monoisotopic (exact) mass is 334 g/mol. The molecule has 1 aliphatic heterocycles. The third kappa shape index (κ3) is 5.12. The first-order valence-electron chi connectivity index (χ1n) is 9.53. The predicted octanol–water partition coefficient (Wildman–Crippen LogP) is 3.54. The van der Waals surface area contributed by atoms with Gasteiger partial charge in [0.05, 0.1) is 17.9 Å². The van der Waals surface area contributed by atoms with Crippen LogP contribution in [0.25, 0.3) is 0 Å². The van der Waals surface area contributed by atoms with E-state index in [1.165, 1.54) is 5.69 Å². The van der Waals surface area contributed by atoms with Gasteiger partial charge in [0.25, 0.3) is 0 Å². The van der Waals surface area contributed by atoms with Gasteiger partial charge in [0.2, 0.25) is 0 Å². The van der Waals surface area contributed by atoms with E-state index >= 15 is 0 Å². The molecule has 1 atom stereocenters. The van der Waals surface area contributed by atoms with Gasteiger partial charge in [0, 0.05) is 32.7 Å². The van der Waals surface area contributed by atoms with Crippen LogP contribution in [0.4, 0.5) is 5.69 Å². The third-order valence-corrected chi connectivity index (χ3v) is 5.05. The Kier molecular flexibility index (Phi) is 7.38. The van der Waals surface area contributed by atoms with E-state index in [0.29, 0.717) is 6.61 Å². The summed E-state index contributed by atoms with van der Waals surface area (Å²) in [6.45, 7) is 11.8. The molecular weight excluding hydrogens is 300 g/mol. The number of rotatable bonds is 9. The second-order valence-electron chi connectivity index (χ2n) is 6.85. The van der Waals surface area contributed by atoms with Gasteiger partial charge >= 0.3 is 0 Å². The van der Waals surface area contributed by atoms with E-state index in [1.807, 2.05) is 19.1 Å². The van der Waals surface area contributed by atoms with Crippen LogP contribution in [-0.2, 0) is 0 Å². The Morgan fingerprint density at radius 1 is 1.08 bits per heavy atom. The zero-order chi connectivity index (χ0) is 17.4. The maximum absolute atomic E-state index is 10.8. The second-order valence-corrected chi connectivity index (χ2v) is 6.85. The number of anilines is 1. The summed E-state index contributed by atoms with van der Waals surface area (Å²) in [4.78, 5) is 4.82. The van der Waals surface area contributed by atoms with E-state index in [9.17, 15) is 5.11 Å². The molecule has 0 bridgehead atoms. The SMILES string of the molecule is CCCCC(O)(CC)CN1CCN(c2ccccc2OCC)CC1. The lowest BCUT2D eigenvalue weighted by Gasteiger charge is -2.40. The van der Waals surface area contributed by atoms with Crippen molar-refractivity contribution in [3.8, 4) is 5.75 Å². The number of unbranched alkanes of at least 4 members (excludes halogenated alkanes) is 1. The molecule has 4 nitrogen and oxygen atoms in total. The van der Waals surface area contributed by atoms with Crippen molar-refractivity contribution in [3.63, 3.8) is 0 Å². The van der Waals surface area contributed by atoms with E-state index < -0.39 is 5.60 Å². The summed E-state index contributed by atoms with van der Waals surface area (Å²) in [6.07, 6.45) is 3.99. The highest BCUT2D eigenvalue weighted by atomic mass is 16.5. The van der Waals surface area contributed by atoms with Gasteiger partial charge in [-0.2, -0.15) is 0 Å². The minimum atomic E-state index is -0.526. The Hall–Kier alpha value is -1.26. The molecule has 4 heteroatoms. The highest BCUT2D eigenvalue weighted by Crippen LogP contribution is 2.29. The van der Waals surface area contributed by atoms with Crippen LogP contribution in [0.15, 0.2) is 24.3 Å². The molecule has 1 aliphatic rings. The Morgan fingerprint density at radius 3 is 2.42 bits per heavy atom. The van der Waals surface area contributed by atoms with Gasteiger partial charge in [-0.05, 0) is 31.9 Å². The minimum absolute atomic E-state index is 0.526. The summed E-state index contributed by atoms with van der Waals surface area (Å²) >= 11 is 0. The van der Waals surface area contributed by atoms with Crippen LogP contribution in [0, 0.1) is 0 Å². The third-order valence-electron chi connectivity index (χ3n) is 5.05. The molecule has 0 spiro atoms. The van der Waals surface area contributed by atoms with Gasteiger partial charge < -0.3 is 14.7 Å². The normalized spacial score (nSPS) is 18.4. The van der Waals surface area contributed by atoms with Crippen LogP contribution >= 0.6 is 0 Å². The van der Waals surface area contributed by atoms with Crippen molar-refractivity contribution >= 4 is 5.69 Å². The zero-order valence-electron chi connectivity index (χ0n) is 15.6. The molecule has 0 aromatic heterocycles. The molecule has 0 amide bonds. The number of β-amino-alcohol motifs (C(OH)–C–C–N with tert-alkyl or cyclic N) is 1. The standard InChI is InChI=1S/C20H34N2O2/c1-4-7-12-20(23,5-2)17-21-13-15-22(16-14-21)18-10-8-9-11-19(18)24-6-3/h8-11,23H,4-7,12-17H2,1-3H3. The van der Waals surface area contributed by atoms with E-state index in [-0.39, 0.29) is 0 Å². The molecule has 2 rings (SSSR count). The minimum Gasteiger partial charge on any atom is -0.492 e. The van der Waals surface area contributed by atoms with Gasteiger partial charge in [-0.15, -0.1) is 0 Å². The number of benzene rings is 1. The van der Waals surface area contributed by atoms with Gasteiger partial charge in [-0.3, -0.25) is 4.90 Å². The van der Waals surface area contributed by atoms with Crippen molar-refractivity contribution < 1.29 is 9.84 Å². The summed E-state index contributed by atoms with van der Waals surface area (Å²) in [6, 6.07) is 8.29. The number of aliphatic hydroxyl groups is 1. The number of ether oxygens (including phenoxy) is 1. The maximum atomic E-state index is 10.8. The molecule has 1 saturated heterocycles. The second kappa shape index (κ2) is 9.28. The molecule has 0 saturated carbocycles. The molecule has 24 heavy (non-hydrogen) atoms. The predicted molar refractivity (Wildman–Crippen MR) is 101 cm³/mol. The largest absolute Gasteiger partial charge is 0.492 e. The Labute approximate surface area is 147 Å². The molecule has 1 unspecified atom stereocenters. The average Bonchev–Trinajstić information content (AvgIpc) is 2.62. The van der Waals surface area contributed by atoms with Gasteiger partial charge in [0.1, 0.15) is 5.75 Å². The Balaban J connectivity index is 1.91. The molecule has 1 fully saturated rings. The van der Waals surface area contributed by atoms with E-state index in [4.69, 9.17) is 4.74 Å². The molecule has 1 aromatic carbocycles. The summed E-state index contributed by atoms with van der Waals surface area (Å²) in [7, 11) is 0. The van der Waals surface area contributed by atoms with Gasteiger partial charge in [0.15, 0.2) is 0 Å². The average molecular weight is 335 g/mol. The maximum Gasteiger partial charge on any atom is 0.142 e. The number of hydrogen-bond donors (Lipinski definition) is 1. The van der Waals surface area contributed by atoms with Crippen molar-refractivity contribution in [3.05, 3.63) is 24.3 Å². The highest BCUT2D eigenvalue weighted by molar-refractivity contribution is 5.58. The van der Waals surface area contributed by atoms with Crippen molar-refractivity contribution in [1.29, 1.82) is 0 Å². The van der Waals surface area contributed by atoms with E-state index in [2.05, 4.69) is 35.8 Å². The molecule has 136 valence electrons. The molecule has 1 aromatic rings. The first-order valence-corrected chi connectivity index (χ1v) is 9.53. The van der Waals surface area contributed by atoms with Crippen LogP contribution in [0.3, 0.4) is 0 Å². The molecule has 1 N–H and O–H groups in total. The lowest BCUT2D eigenvalue weighted by Crippen LogP contribution is -2.52. The smallest absolute Gasteiger partial charge is 0.142 e. The number of nitrogens with zero attached hydrogens (tertiary/aromatic N) is 2. The first kappa shape index (κ1) is 19.1. The van der Waals surface area contributed by atoms with Crippen LogP contribution in [0.5, 0.6) is 5.75 Å². The van der Waals surface area contributed by atoms with Crippen molar-refractivity contribution in [2.24, 2.45) is 0 Å². The fraction of sp³-hybridized carbons (Fsp3) is 0.700. The molecule has 1 heterocycles. The van der Waals surface area contributed by atoms with Crippen LogP contribution in [0.1, 0.15) is 46.5 Å². The molecule has 0 radical (unpaired) electrons. The summed E-state index contributed by atoms with van der Waals surface area (Å²) in [5.74, 6) is 0.974. The molecular formula is C20H34N2O2. The van der Waals surface area contributed by atoms with Crippen LogP contribution in [0.2, 0.25) is 0 Å². The first-order chi connectivity index (χ1) is 11.6. The lowest BCUT2D eigenvalue weighted by atomic mass is 9.93. The summed E-state index contributed by atoms with van der Waals surface area (Å²) in [5.41, 5.74) is 0.664. The Bertz CT molecular complexity index is 486. The van der Waals surface area contributed by atoms with Crippen molar-refractivity contribution in [2.45, 2.75) is 52.1 Å². The number of piperazine rings is 1.